The molecule has 5 N–H and O–H groups in total. The van der Waals surface area contributed by atoms with E-state index in [9.17, 15) is 22.8 Å². The molecule has 1 fully saturated rings. The third-order valence-electron chi connectivity index (χ3n) is 5.56. The van der Waals surface area contributed by atoms with E-state index >= 15 is 0 Å². The van der Waals surface area contributed by atoms with Gasteiger partial charge in [0.2, 0.25) is 11.8 Å². The van der Waals surface area contributed by atoms with E-state index in [0.717, 1.165) is 22.6 Å². The molecule has 6 nitrogen and oxygen atoms in total. The fourth-order valence-corrected chi connectivity index (χ4v) is 3.69. The normalized spacial score (nSPS) is 15.2. The lowest BCUT2D eigenvalue weighted by atomic mass is 9.96. The number of amides is 2. The van der Waals surface area contributed by atoms with E-state index < -0.39 is 29.8 Å². The average molecular weight is 434 g/mol. The zero-order chi connectivity index (χ0) is 22.6. The van der Waals surface area contributed by atoms with E-state index in [4.69, 9.17) is 11.5 Å². The van der Waals surface area contributed by atoms with Crippen LogP contribution in [0.25, 0.3) is 0 Å². The van der Waals surface area contributed by atoms with Crippen LogP contribution in [0, 0.1) is 11.8 Å². The van der Waals surface area contributed by atoms with Gasteiger partial charge in [-0.25, -0.2) is 0 Å². The van der Waals surface area contributed by atoms with Gasteiger partial charge in [0.25, 0.3) is 0 Å². The first kappa shape index (κ1) is 22.5. The molecule has 31 heavy (non-hydrogen) atoms. The number of carbonyl (C=O) groups excluding carboxylic acids is 2. The van der Waals surface area contributed by atoms with Crippen LogP contribution in [0.3, 0.4) is 0 Å². The van der Waals surface area contributed by atoms with E-state index in [1.807, 2.05) is 41.3 Å². The molecule has 3 rings (SSSR count). The van der Waals surface area contributed by atoms with Crippen LogP contribution in [0.5, 0.6) is 0 Å². The number of nitrogens with zero attached hydrogens (tertiary/aromatic N) is 1. The fraction of sp³-hybridized carbons (Fsp3) is 0.364. The highest BCUT2D eigenvalue weighted by Gasteiger charge is 2.41. The maximum atomic E-state index is 12.8. The van der Waals surface area contributed by atoms with Crippen LogP contribution in [-0.4, -0.2) is 31.1 Å². The van der Waals surface area contributed by atoms with Gasteiger partial charge in [0.1, 0.15) is 5.92 Å². The van der Waals surface area contributed by atoms with E-state index in [1.54, 1.807) is 12.1 Å². The largest absolute Gasteiger partial charge is 0.391 e. The van der Waals surface area contributed by atoms with Gasteiger partial charge in [0.15, 0.2) is 0 Å². The molecule has 2 aromatic rings. The lowest BCUT2D eigenvalue weighted by Gasteiger charge is -2.34. The standard InChI is InChI=1S/C22H25F3N4O2/c23-22(24,25)15-9-11-29(12-10-15)18-7-5-17(6-8-18)28-16-3-1-14(2-4-16)13-19(20(26)30)21(27)31/h1-8,15,19,28H,9-13H2,(H2,26,30)(H2,27,31). The van der Waals surface area contributed by atoms with Crippen molar-refractivity contribution in [2.45, 2.75) is 25.4 Å². The summed E-state index contributed by atoms with van der Waals surface area (Å²) < 4.78 is 38.5. The predicted octanol–water partition coefficient (Wildman–Crippen LogP) is 3.34. The maximum Gasteiger partial charge on any atom is 0.391 e. The van der Waals surface area contributed by atoms with Gasteiger partial charge in [-0.15, -0.1) is 0 Å². The third kappa shape index (κ3) is 5.90. The number of anilines is 3. The highest BCUT2D eigenvalue weighted by molar-refractivity contribution is 5.99. The molecule has 1 saturated heterocycles. The molecule has 0 bridgehead atoms. The van der Waals surface area contributed by atoms with Crippen LogP contribution in [0.4, 0.5) is 30.2 Å². The third-order valence-corrected chi connectivity index (χ3v) is 5.56. The Morgan fingerprint density at radius 1 is 0.935 bits per heavy atom. The maximum absolute atomic E-state index is 12.8. The quantitative estimate of drug-likeness (QED) is 0.582. The lowest BCUT2D eigenvalue weighted by Crippen LogP contribution is -2.38. The molecule has 0 atom stereocenters. The Bertz CT molecular complexity index is 892. The van der Waals surface area contributed by atoms with E-state index in [0.29, 0.717) is 13.1 Å². The van der Waals surface area contributed by atoms with Gasteiger partial charge < -0.3 is 21.7 Å². The molecule has 0 saturated carbocycles. The number of nitrogens with two attached hydrogens (primary N) is 2. The Balaban J connectivity index is 1.56. The van der Waals surface area contributed by atoms with Crippen molar-refractivity contribution in [2.24, 2.45) is 23.3 Å². The Hall–Kier alpha value is -3.23. The van der Waals surface area contributed by atoms with Crippen LogP contribution >= 0.6 is 0 Å². The molecule has 2 aromatic carbocycles. The summed E-state index contributed by atoms with van der Waals surface area (Å²) in [5, 5.41) is 3.24. The van der Waals surface area contributed by atoms with Crippen molar-refractivity contribution in [1.82, 2.24) is 0 Å². The summed E-state index contributed by atoms with van der Waals surface area (Å²) in [6, 6.07) is 14.7. The zero-order valence-corrected chi connectivity index (χ0v) is 16.9. The number of primary amides is 2. The molecule has 0 spiro atoms. The highest BCUT2D eigenvalue weighted by atomic mass is 19.4. The van der Waals surface area contributed by atoms with Crippen LogP contribution in [0.15, 0.2) is 48.5 Å². The van der Waals surface area contributed by atoms with Crippen molar-refractivity contribution in [1.29, 1.82) is 0 Å². The van der Waals surface area contributed by atoms with Crippen molar-refractivity contribution >= 4 is 28.9 Å². The Morgan fingerprint density at radius 2 is 1.42 bits per heavy atom. The number of rotatable bonds is 7. The van der Waals surface area contributed by atoms with Gasteiger partial charge >= 0.3 is 6.18 Å². The topological polar surface area (TPSA) is 101 Å². The molecule has 0 unspecified atom stereocenters. The van der Waals surface area contributed by atoms with Gasteiger partial charge in [-0.1, -0.05) is 12.1 Å². The van der Waals surface area contributed by atoms with Crippen molar-refractivity contribution in [3.05, 3.63) is 54.1 Å². The van der Waals surface area contributed by atoms with Crippen molar-refractivity contribution < 1.29 is 22.8 Å². The second kappa shape index (κ2) is 9.28. The second-order valence-corrected chi connectivity index (χ2v) is 7.73. The van der Waals surface area contributed by atoms with Crippen molar-refractivity contribution in [3.63, 3.8) is 0 Å². The zero-order valence-electron chi connectivity index (χ0n) is 16.9. The Labute approximate surface area is 178 Å². The number of benzene rings is 2. The first-order chi connectivity index (χ1) is 14.6. The number of carbonyl (C=O) groups is 2. The molecule has 0 aromatic heterocycles. The number of nitrogens with one attached hydrogen (secondary N) is 1. The lowest BCUT2D eigenvalue weighted by molar-refractivity contribution is -0.179. The molecular formula is C22H25F3N4O2. The number of piperidine rings is 1. The minimum Gasteiger partial charge on any atom is -0.372 e. The van der Waals surface area contributed by atoms with E-state index in [2.05, 4.69) is 5.32 Å². The summed E-state index contributed by atoms with van der Waals surface area (Å²) in [5.74, 6) is -3.77. The van der Waals surface area contributed by atoms with Gasteiger partial charge in [-0.05, 0) is 61.2 Å². The molecule has 1 aliphatic rings. The van der Waals surface area contributed by atoms with Gasteiger partial charge in [-0.3, -0.25) is 9.59 Å². The molecule has 166 valence electrons. The summed E-state index contributed by atoms with van der Waals surface area (Å²) in [7, 11) is 0. The summed E-state index contributed by atoms with van der Waals surface area (Å²) in [4.78, 5) is 24.6. The monoisotopic (exact) mass is 434 g/mol. The molecule has 0 radical (unpaired) electrons. The van der Waals surface area contributed by atoms with Crippen molar-refractivity contribution in [2.75, 3.05) is 23.3 Å². The molecule has 9 heteroatoms. The molecule has 1 heterocycles. The number of hydrogen-bond donors (Lipinski definition) is 3. The first-order valence-electron chi connectivity index (χ1n) is 10.00. The molecule has 1 aliphatic heterocycles. The smallest absolute Gasteiger partial charge is 0.372 e. The van der Waals surface area contributed by atoms with Crippen LogP contribution < -0.4 is 21.7 Å². The summed E-state index contributed by atoms with van der Waals surface area (Å²) >= 11 is 0. The van der Waals surface area contributed by atoms with Crippen LogP contribution in [-0.2, 0) is 16.0 Å². The van der Waals surface area contributed by atoms with E-state index in [1.165, 1.54) is 0 Å². The number of alkyl halides is 3. The molecule has 0 aliphatic carbocycles. The SMILES string of the molecule is NC(=O)C(Cc1ccc(Nc2ccc(N3CCC(C(F)(F)F)CC3)cc2)cc1)C(N)=O. The first-order valence-corrected chi connectivity index (χ1v) is 10.00. The van der Waals surface area contributed by atoms with Gasteiger partial charge in [0, 0.05) is 30.2 Å². The van der Waals surface area contributed by atoms with E-state index in [-0.39, 0.29) is 19.3 Å². The summed E-state index contributed by atoms with van der Waals surface area (Å²) in [6.07, 6.45) is -3.74. The van der Waals surface area contributed by atoms with Gasteiger partial charge in [0.05, 0.1) is 5.92 Å². The predicted molar refractivity (Wildman–Crippen MR) is 113 cm³/mol. The minimum atomic E-state index is -4.12. The van der Waals surface area contributed by atoms with Gasteiger partial charge in [-0.2, -0.15) is 13.2 Å². The van der Waals surface area contributed by atoms with Crippen LogP contribution in [0.2, 0.25) is 0 Å². The summed E-state index contributed by atoms with van der Waals surface area (Å²) in [5.41, 5.74) is 13.7. The highest BCUT2D eigenvalue weighted by Crippen LogP contribution is 2.35. The number of halogens is 3. The second-order valence-electron chi connectivity index (χ2n) is 7.73. The van der Waals surface area contributed by atoms with Crippen molar-refractivity contribution in [3.8, 4) is 0 Å². The fourth-order valence-electron chi connectivity index (χ4n) is 3.69. The average Bonchev–Trinajstić information content (AvgIpc) is 2.73. The molecule has 2 amide bonds. The number of hydrogen-bond acceptors (Lipinski definition) is 4. The Morgan fingerprint density at radius 3 is 1.87 bits per heavy atom. The Kier molecular flexibility index (Phi) is 6.72. The minimum absolute atomic E-state index is 0.113. The summed E-state index contributed by atoms with van der Waals surface area (Å²) in [6.45, 7) is 0.770. The van der Waals surface area contributed by atoms with Crippen LogP contribution in [0.1, 0.15) is 18.4 Å². The molecular weight excluding hydrogens is 409 g/mol.